The van der Waals surface area contributed by atoms with Gasteiger partial charge in [0.1, 0.15) is 0 Å². The van der Waals surface area contributed by atoms with Crippen molar-refractivity contribution in [3.05, 3.63) is 35.4 Å². The number of nitrogens with one attached hydrogen (secondary N) is 1. The molecule has 0 atom stereocenters. The fourth-order valence-corrected chi connectivity index (χ4v) is 1.53. The number of benzene rings is 1. The van der Waals surface area contributed by atoms with Gasteiger partial charge in [-0.05, 0) is 11.5 Å². The summed E-state index contributed by atoms with van der Waals surface area (Å²) in [6.07, 6.45) is 0.326. The Labute approximate surface area is 106 Å². The lowest BCUT2D eigenvalue weighted by Crippen LogP contribution is -2.30. The molecule has 1 aromatic carbocycles. The van der Waals surface area contributed by atoms with E-state index in [0.29, 0.717) is 5.56 Å². The number of halogens is 3. The average molecular weight is 267 g/mol. The van der Waals surface area contributed by atoms with Gasteiger partial charge in [-0.15, -0.1) is 16.7 Å². The van der Waals surface area contributed by atoms with Gasteiger partial charge < -0.3 is 5.32 Å². The van der Waals surface area contributed by atoms with Gasteiger partial charge in [0.15, 0.2) is 0 Å². The molecular formula is C12H8F3N3O. The molecule has 1 heterocycles. The van der Waals surface area contributed by atoms with Crippen molar-refractivity contribution in [2.45, 2.75) is 18.4 Å². The lowest BCUT2D eigenvalue weighted by atomic mass is 10.0. The fourth-order valence-electron chi connectivity index (χ4n) is 1.53. The van der Waals surface area contributed by atoms with Gasteiger partial charge in [0.05, 0.1) is 0 Å². The predicted molar refractivity (Wildman–Crippen MR) is 59.7 cm³/mol. The van der Waals surface area contributed by atoms with Crippen molar-refractivity contribution in [1.29, 1.82) is 0 Å². The monoisotopic (exact) mass is 267 g/mol. The van der Waals surface area contributed by atoms with Gasteiger partial charge in [0.2, 0.25) is 0 Å². The largest absolute Gasteiger partial charge is 0.442 e. The molecule has 0 aliphatic carbocycles. The Hall–Kier alpha value is -2.36. The summed E-state index contributed by atoms with van der Waals surface area (Å²) in [5.74, 6) is 1.29. The van der Waals surface area contributed by atoms with E-state index in [0.717, 1.165) is 0 Å². The van der Waals surface area contributed by atoms with Crippen LogP contribution in [0.5, 0.6) is 0 Å². The van der Waals surface area contributed by atoms with Gasteiger partial charge in [-0.25, -0.2) is 0 Å². The summed E-state index contributed by atoms with van der Waals surface area (Å²) in [6.45, 7) is 0.149. The first-order valence-electron chi connectivity index (χ1n) is 5.24. The molecule has 98 valence electrons. The SMILES string of the molecule is C#CC(=O)NCc1ccc(C2(C(F)(F)F)N=N2)cc1. The normalized spacial score (nSPS) is 15.7. The summed E-state index contributed by atoms with van der Waals surface area (Å²) < 4.78 is 38.1. The summed E-state index contributed by atoms with van der Waals surface area (Å²) in [6, 6.07) is 5.49. The molecule has 1 amide bonds. The number of alkyl halides is 3. The highest BCUT2D eigenvalue weighted by Crippen LogP contribution is 2.52. The Balaban J connectivity index is 2.08. The summed E-state index contributed by atoms with van der Waals surface area (Å²) in [4.78, 5) is 10.8. The van der Waals surface area contributed by atoms with Crippen LogP contribution in [0, 0.1) is 12.3 Å². The molecule has 0 unspecified atom stereocenters. The second kappa shape index (κ2) is 4.39. The minimum Gasteiger partial charge on any atom is -0.341 e. The number of hydrogen-bond donors (Lipinski definition) is 1. The molecule has 1 aliphatic rings. The average Bonchev–Trinajstić information content (AvgIpc) is 3.17. The van der Waals surface area contributed by atoms with Crippen LogP contribution in [0.3, 0.4) is 0 Å². The van der Waals surface area contributed by atoms with Crippen LogP contribution in [0.15, 0.2) is 34.5 Å². The smallest absolute Gasteiger partial charge is 0.341 e. The first kappa shape index (κ1) is 13.1. The van der Waals surface area contributed by atoms with E-state index in [-0.39, 0.29) is 12.1 Å². The molecule has 0 radical (unpaired) electrons. The van der Waals surface area contributed by atoms with Gasteiger partial charge in [-0.2, -0.15) is 13.2 Å². The maximum Gasteiger partial charge on any atom is 0.442 e. The zero-order chi connectivity index (χ0) is 14.1. The van der Waals surface area contributed by atoms with E-state index in [4.69, 9.17) is 6.42 Å². The van der Waals surface area contributed by atoms with Crippen LogP contribution in [0.25, 0.3) is 0 Å². The Kier molecular flexibility index (Phi) is 3.02. The molecular weight excluding hydrogens is 259 g/mol. The number of amides is 1. The molecule has 0 fully saturated rings. The molecule has 0 spiro atoms. The van der Waals surface area contributed by atoms with Gasteiger partial charge in [0, 0.05) is 12.1 Å². The molecule has 2 rings (SSSR count). The molecule has 1 aliphatic heterocycles. The second-order valence-electron chi connectivity index (χ2n) is 3.89. The Morgan fingerprint density at radius 2 is 1.89 bits per heavy atom. The summed E-state index contributed by atoms with van der Waals surface area (Å²) in [5.41, 5.74) is -1.83. The maximum atomic E-state index is 12.7. The van der Waals surface area contributed by atoms with Crippen molar-refractivity contribution in [2.75, 3.05) is 0 Å². The standard InChI is InChI=1S/C12H8F3N3O/c1-2-10(19)16-7-8-3-5-9(6-4-8)11(17-18-11)12(13,14)15/h1,3-6H,7H2,(H,16,19). The first-order chi connectivity index (χ1) is 8.89. The summed E-state index contributed by atoms with van der Waals surface area (Å²) in [5, 5.41) is 8.60. The minimum atomic E-state index is -4.54. The third-order valence-corrected chi connectivity index (χ3v) is 2.64. The number of rotatable bonds is 3. The van der Waals surface area contributed by atoms with Gasteiger partial charge in [0.25, 0.3) is 5.91 Å². The molecule has 0 aromatic heterocycles. The maximum absolute atomic E-state index is 12.7. The zero-order valence-corrected chi connectivity index (χ0v) is 9.53. The third-order valence-electron chi connectivity index (χ3n) is 2.64. The predicted octanol–water partition coefficient (Wildman–Crippen LogP) is 2.12. The third kappa shape index (κ3) is 2.42. The van der Waals surface area contributed by atoms with E-state index < -0.39 is 17.7 Å². The van der Waals surface area contributed by atoms with Crippen LogP contribution in [0.1, 0.15) is 11.1 Å². The van der Waals surface area contributed by atoms with E-state index in [1.807, 2.05) is 5.92 Å². The number of hydrogen-bond acceptors (Lipinski definition) is 3. The number of terminal acetylenes is 1. The fraction of sp³-hybridized carbons (Fsp3) is 0.250. The zero-order valence-electron chi connectivity index (χ0n) is 9.53. The van der Waals surface area contributed by atoms with Crippen molar-refractivity contribution in [3.63, 3.8) is 0 Å². The molecule has 0 saturated heterocycles. The lowest BCUT2D eigenvalue weighted by Gasteiger charge is -2.14. The van der Waals surface area contributed by atoms with Gasteiger partial charge in [-0.3, -0.25) is 4.79 Å². The van der Waals surface area contributed by atoms with E-state index >= 15 is 0 Å². The van der Waals surface area contributed by atoms with Gasteiger partial charge >= 0.3 is 11.8 Å². The van der Waals surface area contributed by atoms with Crippen LogP contribution >= 0.6 is 0 Å². The highest BCUT2D eigenvalue weighted by molar-refractivity contribution is 5.92. The molecule has 4 nitrogen and oxygen atoms in total. The summed E-state index contributed by atoms with van der Waals surface area (Å²) in [7, 11) is 0. The topological polar surface area (TPSA) is 53.8 Å². The quantitative estimate of drug-likeness (QED) is 0.838. The highest BCUT2D eigenvalue weighted by atomic mass is 19.4. The van der Waals surface area contributed by atoms with Crippen LogP contribution in [-0.4, -0.2) is 12.1 Å². The molecule has 0 saturated carbocycles. The second-order valence-corrected chi connectivity index (χ2v) is 3.89. The molecule has 1 aromatic rings. The van der Waals surface area contributed by atoms with Crippen molar-refractivity contribution in [1.82, 2.24) is 5.32 Å². The summed E-state index contributed by atoms with van der Waals surface area (Å²) >= 11 is 0. The number of carbonyl (C=O) groups excluding carboxylic acids is 1. The lowest BCUT2D eigenvalue weighted by molar-refractivity contribution is -0.166. The van der Waals surface area contributed by atoms with Crippen molar-refractivity contribution >= 4 is 5.91 Å². The first-order valence-corrected chi connectivity index (χ1v) is 5.24. The van der Waals surface area contributed by atoms with Crippen molar-refractivity contribution < 1.29 is 18.0 Å². The van der Waals surface area contributed by atoms with Crippen LogP contribution in [0.2, 0.25) is 0 Å². The van der Waals surface area contributed by atoms with Crippen LogP contribution < -0.4 is 5.32 Å². The Morgan fingerprint density at radius 1 is 1.32 bits per heavy atom. The Morgan fingerprint density at radius 3 is 2.32 bits per heavy atom. The molecule has 1 N–H and O–H groups in total. The Bertz CT molecular complexity index is 563. The van der Waals surface area contributed by atoms with E-state index in [1.54, 1.807) is 0 Å². The molecule has 19 heavy (non-hydrogen) atoms. The molecule has 7 heteroatoms. The minimum absolute atomic E-state index is 0.0490. The molecule has 0 bridgehead atoms. The highest BCUT2D eigenvalue weighted by Gasteiger charge is 2.65. The number of carbonyl (C=O) groups is 1. The van der Waals surface area contributed by atoms with Crippen molar-refractivity contribution in [3.8, 4) is 12.3 Å². The van der Waals surface area contributed by atoms with Crippen LogP contribution in [-0.2, 0) is 17.0 Å². The van der Waals surface area contributed by atoms with Gasteiger partial charge in [-0.1, -0.05) is 24.3 Å². The van der Waals surface area contributed by atoms with E-state index in [9.17, 15) is 18.0 Å². The van der Waals surface area contributed by atoms with Crippen molar-refractivity contribution in [2.24, 2.45) is 10.2 Å². The van der Waals surface area contributed by atoms with E-state index in [1.165, 1.54) is 24.3 Å². The number of nitrogens with zero attached hydrogens (tertiary/aromatic N) is 2. The van der Waals surface area contributed by atoms with E-state index in [2.05, 4.69) is 15.5 Å². The van der Waals surface area contributed by atoms with Crippen LogP contribution in [0.4, 0.5) is 13.2 Å².